The fraction of sp³-hybridized carbons (Fsp3) is 0.474. The van der Waals surface area contributed by atoms with E-state index in [1.54, 1.807) is 10.6 Å². The monoisotopic (exact) mass is 447 g/mol. The molecule has 3 aromatic rings. The molecule has 4 rings (SSSR count). The fourth-order valence-electron chi connectivity index (χ4n) is 3.52. The average Bonchev–Trinajstić information content (AvgIpc) is 3.37. The summed E-state index contributed by atoms with van der Waals surface area (Å²) in [6, 6.07) is 0. The number of ether oxygens (including phenoxy) is 5. The van der Waals surface area contributed by atoms with Gasteiger partial charge in [0.2, 0.25) is 18.3 Å². The minimum absolute atomic E-state index is 0.360. The van der Waals surface area contributed by atoms with Crippen LogP contribution in [0.3, 0.4) is 0 Å². The lowest BCUT2D eigenvalue weighted by molar-refractivity contribution is -0.198. The molecule has 1 fully saturated rings. The molecular weight excluding hydrogens is 426 g/mol. The Kier molecular flexibility index (Phi) is 5.65. The average molecular weight is 447 g/mol. The third-order valence-electron chi connectivity index (χ3n) is 4.59. The van der Waals surface area contributed by atoms with Crippen LogP contribution in [0.5, 0.6) is 5.88 Å². The summed E-state index contributed by atoms with van der Waals surface area (Å²) in [5.41, 5.74) is 1.29. The summed E-state index contributed by atoms with van der Waals surface area (Å²) in [6.45, 7) is 5.86. The van der Waals surface area contributed by atoms with Crippen molar-refractivity contribution in [2.75, 3.05) is 6.61 Å². The zero-order valence-electron chi connectivity index (χ0n) is 17.8. The number of imidazole rings is 2. The number of hydrogen-bond acceptors (Lipinski definition) is 11. The first-order valence-electron chi connectivity index (χ1n) is 9.78. The van der Waals surface area contributed by atoms with E-state index in [2.05, 4.69) is 15.0 Å². The molecule has 1 aliphatic rings. The minimum Gasteiger partial charge on any atom is -0.477 e. The van der Waals surface area contributed by atoms with Crippen LogP contribution >= 0.6 is 0 Å². The van der Waals surface area contributed by atoms with E-state index in [1.165, 1.54) is 38.0 Å². The molecule has 0 aliphatic carbocycles. The number of aromatic nitrogens is 5. The van der Waals surface area contributed by atoms with E-state index in [0.29, 0.717) is 29.3 Å². The molecule has 1 unspecified atom stereocenters. The van der Waals surface area contributed by atoms with Crippen molar-refractivity contribution < 1.29 is 38.1 Å². The molecule has 0 saturated carbocycles. The summed E-state index contributed by atoms with van der Waals surface area (Å²) in [4.78, 5) is 48.2. The molecule has 4 atom stereocenters. The maximum absolute atomic E-state index is 11.8. The topological polar surface area (TPSA) is 145 Å². The number of rotatable bonds is 6. The highest BCUT2D eigenvalue weighted by molar-refractivity contribution is 5.85. The molecule has 4 heterocycles. The third-order valence-corrected chi connectivity index (χ3v) is 4.59. The van der Waals surface area contributed by atoms with Gasteiger partial charge in [-0.3, -0.25) is 23.4 Å². The lowest BCUT2D eigenvalue weighted by Crippen LogP contribution is -2.40. The van der Waals surface area contributed by atoms with E-state index in [-0.39, 0.29) is 0 Å². The second kappa shape index (κ2) is 8.42. The van der Waals surface area contributed by atoms with Crippen LogP contribution in [0.25, 0.3) is 16.8 Å². The van der Waals surface area contributed by atoms with Gasteiger partial charge in [0.05, 0.1) is 19.1 Å². The fourth-order valence-corrected chi connectivity index (χ4v) is 3.52. The Morgan fingerprint density at radius 3 is 2.31 bits per heavy atom. The lowest BCUT2D eigenvalue weighted by Gasteiger charge is -2.23. The van der Waals surface area contributed by atoms with E-state index in [0.717, 1.165) is 0 Å². The van der Waals surface area contributed by atoms with Crippen LogP contribution in [0.15, 0.2) is 18.9 Å². The Labute approximate surface area is 181 Å². The van der Waals surface area contributed by atoms with Gasteiger partial charge in [-0.1, -0.05) is 0 Å². The number of fused-ring (bicyclic) bond motifs is 3. The van der Waals surface area contributed by atoms with Crippen molar-refractivity contribution in [3.05, 3.63) is 18.9 Å². The van der Waals surface area contributed by atoms with E-state index >= 15 is 0 Å². The van der Waals surface area contributed by atoms with Gasteiger partial charge in [-0.05, 0) is 6.92 Å². The molecule has 0 N–H and O–H groups in total. The number of hydrogen-bond donors (Lipinski definition) is 0. The van der Waals surface area contributed by atoms with Gasteiger partial charge in [-0.25, -0.2) is 9.97 Å². The van der Waals surface area contributed by atoms with E-state index < -0.39 is 42.6 Å². The standard InChI is InChI=1S/C19H21N5O8/c1-5-28-12-6-23-7-21-16-13(17(23)22-12)20-8-24(16)18-14(29-9(2)25)15(30-10(3)26)19(32-18)31-11(4)27/h6-8,14-15,18-19H,5H2,1-4H3/t14-,15+,18?,19+/m1/s1. The van der Waals surface area contributed by atoms with Crippen LogP contribution in [0.4, 0.5) is 0 Å². The van der Waals surface area contributed by atoms with Crippen molar-refractivity contribution in [2.24, 2.45) is 0 Å². The van der Waals surface area contributed by atoms with Gasteiger partial charge in [0.25, 0.3) is 0 Å². The van der Waals surface area contributed by atoms with Gasteiger partial charge in [0.1, 0.15) is 6.33 Å². The molecular formula is C19H21N5O8. The van der Waals surface area contributed by atoms with Crippen molar-refractivity contribution in [1.82, 2.24) is 23.9 Å². The molecule has 0 amide bonds. The van der Waals surface area contributed by atoms with Crippen molar-refractivity contribution >= 4 is 34.7 Å². The molecule has 0 aromatic carbocycles. The number of esters is 3. The summed E-state index contributed by atoms with van der Waals surface area (Å²) >= 11 is 0. The van der Waals surface area contributed by atoms with Crippen LogP contribution in [0, 0.1) is 0 Å². The van der Waals surface area contributed by atoms with Crippen LogP contribution in [0.2, 0.25) is 0 Å². The Morgan fingerprint density at radius 1 is 0.969 bits per heavy atom. The van der Waals surface area contributed by atoms with Gasteiger partial charge in [-0.15, -0.1) is 0 Å². The van der Waals surface area contributed by atoms with Crippen LogP contribution < -0.4 is 4.74 Å². The Morgan fingerprint density at radius 2 is 1.66 bits per heavy atom. The summed E-state index contributed by atoms with van der Waals surface area (Å²) < 4.78 is 30.3. The normalized spacial score (nSPS) is 22.8. The maximum Gasteiger partial charge on any atom is 0.305 e. The number of carbonyl (C=O) groups is 3. The highest BCUT2D eigenvalue weighted by Crippen LogP contribution is 2.36. The van der Waals surface area contributed by atoms with Gasteiger partial charge in [-0.2, -0.15) is 4.98 Å². The maximum atomic E-state index is 11.8. The highest BCUT2D eigenvalue weighted by Gasteiger charge is 2.52. The molecule has 1 saturated heterocycles. The highest BCUT2D eigenvalue weighted by atomic mass is 16.8. The zero-order valence-corrected chi connectivity index (χ0v) is 17.8. The first kappa shape index (κ1) is 21.5. The summed E-state index contributed by atoms with van der Waals surface area (Å²) in [7, 11) is 0. The van der Waals surface area contributed by atoms with Crippen LogP contribution in [-0.4, -0.2) is 66.9 Å². The zero-order chi connectivity index (χ0) is 23.0. The van der Waals surface area contributed by atoms with E-state index in [4.69, 9.17) is 23.7 Å². The first-order valence-corrected chi connectivity index (χ1v) is 9.78. The Balaban J connectivity index is 1.78. The molecule has 0 radical (unpaired) electrons. The SMILES string of the molecule is CCOc1cn2cnc3c(ncn3C3O[C@H](OC(C)=O)[C@@H](OC(C)=O)[C@H]3OC(C)=O)c2n1. The smallest absolute Gasteiger partial charge is 0.305 e. The predicted molar refractivity (Wildman–Crippen MR) is 104 cm³/mol. The summed E-state index contributed by atoms with van der Waals surface area (Å²) in [5.74, 6) is -1.55. The second-order valence-corrected chi connectivity index (χ2v) is 6.96. The molecule has 13 heteroatoms. The van der Waals surface area contributed by atoms with Crippen molar-refractivity contribution in [3.8, 4) is 5.88 Å². The van der Waals surface area contributed by atoms with E-state index in [9.17, 15) is 14.4 Å². The molecule has 32 heavy (non-hydrogen) atoms. The van der Waals surface area contributed by atoms with Crippen molar-refractivity contribution in [2.45, 2.75) is 52.4 Å². The van der Waals surface area contributed by atoms with E-state index in [1.807, 2.05) is 6.92 Å². The first-order chi connectivity index (χ1) is 15.3. The second-order valence-electron chi connectivity index (χ2n) is 6.96. The Bertz CT molecular complexity index is 1190. The number of carbonyl (C=O) groups excluding carboxylic acids is 3. The largest absolute Gasteiger partial charge is 0.477 e. The van der Waals surface area contributed by atoms with Gasteiger partial charge in [0, 0.05) is 20.8 Å². The quantitative estimate of drug-likeness (QED) is 0.390. The summed E-state index contributed by atoms with van der Waals surface area (Å²) in [6.07, 6.45) is -0.0524. The lowest BCUT2D eigenvalue weighted by atomic mass is 10.2. The molecule has 13 nitrogen and oxygen atoms in total. The predicted octanol–water partition coefficient (Wildman–Crippen LogP) is 0.759. The molecule has 0 bridgehead atoms. The molecule has 0 spiro atoms. The van der Waals surface area contributed by atoms with Crippen molar-refractivity contribution in [3.63, 3.8) is 0 Å². The summed E-state index contributed by atoms with van der Waals surface area (Å²) in [5, 5.41) is 0. The molecule has 170 valence electrons. The molecule has 3 aromatic heterocycles. The van der Waals surface area contributed by atoms with Gasteiger partial charge >= 0.3 is 17.9 Å². The minimum atomic E-state index is -1.30. The van der Waals surface area contributed by atoms with Crippen LogP contribution in [0.1, 0.15) is 33.9 Å². The van der Waals surface area contributed by atoms with Crippen molar-refractivity contribution in [1.29, 1.82) is 0 Å². The van der Waals surface area contributed by atoms with Crippen LogP contribution in [-0.2, 0) is 33.3 Å². The van der Waals surface area contributed by atoms with Gasteiger partial charge < -0.3 is 23.7 Å². The van der Waals surface area contributed by atoms with Gasteiger partial charge in [0.15, 0.2) is 29.1 Å². The number of nitrogens with zero attached hydrogens (tertiary/aromatic N) is 5. The Hall–Kier alpha value is -3.74. The molecule has 1 aliphatic heterocycles. The third kappa shape index (κ3) is 3.93.